The summed E-state index contributed by atoms with van der Waals surface area (Å²) in [6, 6.07) is 25.7. The number of fused-ring (bicyclic) bond motifs is 1. The van der Waals surface area contributed by atoms with Gasteiger partial charge in [0.1, 0.15) is 17.4 Å². The van der Waals surface area contributed by atoms with Gasteiger partial charge in [-0.25, -0.2) is 14.3 Å². The first-order valence-electron chi connectivity index (χ1n) is 11.5. The summed E-state index contributed by atoms with van der Waals surface area (Å²) in [5.74, 6) is 0. The summed E-state index contributed by atoms with van der Waals surface area (Å²) < 4.78 is 4.61. The maximum absolute atomic E-state index is 13.4. The molecule has 37 heavy (non-hydrogen) atoms. The molecule has 180 valence electrons. The highest BCUT2D eigenvalue weighted by Crippen LogP contribution is 2.26. The van der Waals surface area contributed by atoms with Gasteiger partial charge >= 0.3 is 0 Å². The Labute approximate surface area is 209 Å². The molecular weight excluding hydrogens is 470 g/mol. The lowest BCUT2D eigenvalue weighted by atomic mass is 10.1. The van der Waals surface area contributed by atoms with Crippen molar-refractivity contribution in [3.05, 3.63) is 130 Å². The first-order valence-corrected chi connectivity index (χ1v) is 11.5. The van der Waals surface area contributed by atoms with Crippen molar-refractivity contribution in [2.24, 2.45) is 0 Å². The molecule has 3 heterocycles. The predicted octanol–water partition coefficient (Wildman–Crippen LogP) is 4.39. The summed E-state index contributed by atoms with van der Waals surface area (Å²) in [4.78, 5) is 28.9. The van der Waals surface area contributed by atoms with Crippen LogP contribution in [0.4, 0.5) is 5.69 Å². The molecule has 6 aromatic rings. The fourth-order valence-electron chi connectivity index (χ4n) is 4.30. The van der Waals surface area contributed by atoms with Crippen LogP contribution in [0.15, 0.2) is 108 Å². The molecule has 0 amide bonds. The Balaban J connectivity index is 1.44. The van der Waals surface area contributed by atoms with Crippen LogP contribution in [0.25, 0.3) is 33.7 Å². The van der Waals surface area contributed by atoms with Crippen molar-refractivity contribution < 1.29 is 4.92 Å². The van der Waals surface area contributed by atoms with Crippen LogP contribution in [0.5, 0.6) is 0 Å². The zero-order valence-corrected chi connectivity index (χ0v) is 19.4. The number of hydrogen-bond acceptors (Lipinski definition) is 6. The van der Waals surface area contributed by atoms with Crippen LogP contribution in [0.3, 0.4) is 0 Å². The van der Waals surface area contributed by atoms with Crippen molar-refractivity contribution >= 4 is 16.7 Å². The van der Waals surface area contributed by atoms with Gasteiger partial charge < -0.3 is 0 Å². The van der Waals surface area contributed by atoms with Crippen LogP contribution >= 0.6 is 0 Å². The minimum Gasteiger partial charge on any atom is -0.294 e. The third-order valence-electron chi connectivity index (χ3n) is 6.06. The van der Waals surface area contributed by atoms with E-state index in [4.69, 9.17) is 5.10 Å². The van der Waals surface area contributed by atoms with Gasteiger partial charge in [-0.15, -0.1) is 0 Å². The Morgan fingerprint density at radius 3 is 2.35 bits per heavy atom. The van der Waals surface area contributed by atoms with Gasteiger partial charge in [0.2, 0.25) is 0 Å². The molecule has 10 nitrogen and oxygen atoms in total. The van der Waals surface area contributed by atoms with Crippen molar-refractivity contribution in [1.82, 2.24) is 29.1 Å². The summed E-state index contributed by atoms with van der Waals surface area (Å²) in [6.07, 6.45) is 4.74. The van der Waals surface area contributed by atoms with Gasteiger partial charge in [-0.3, -0.25) is 19.5 Å². The molecule has 0 N–H and O–H groups in total. The second kappa shape index (κ2) is 9.00. The van der Waals surface area contributed by atoms with Gasteiger partial charge in [0, 0.05) is 23.4 Å². The lowest BCUT2D eigenvalue weighted by Crippen LogP contribution is -2.21. The van der Waals surface area contributed by atoms with Crippen molar-refractivity contribution in [3.63, 3.8) is 0 Å². The number of para-hydroxylation sites is 3. The van der Waals surface area contributed by atoms with Crippen LogP contribution in [0.1, 0.15) is 5.56 Å². The van der Waals surface area contributed by atoms with Crippen LogP contribution in [-0.2, 0) is 6.54 Å². The summed E-state index contributed by atoms with van der Waals surface area (Å²) >= 11 is 0. The number of nitrogens with zero attached hydrogens (tertiary/aromatic N) is 7. The van der Waals surface area contributed by atoms with E-state index in [1.165, 1.54) is 27.8 Å². The molecular formula is C27H19N7O3. The molecule has 0 saturated carbocycles. The average Bonchev–Trinajstić information content (AvgIpc) is 3.56. The number of rotatable bonds is 6. The zero-order valence-electron chi connectivity index (χ0n) is 19.4. The lowest BCUT2D eigenvalue weighted by Gasteiger charge is -2.07. The van der Waals surface area contributed by atoms with Gasteiger partial charge in [-0.05, 0) is 18.2 Å². The summed E-state index contributed by atoms with van der Waals surface area (Å²) in [7, 11) is 0. The van der Waals surface area contributed by atoms with Crippen molar-refractivity contribution in [2.75, 3.05) is 0 Å². The largest absolute Gasteiger partial charge is 0.294 e. The molecule has 0 aliphatic heterocycles. The molecule has 6 rings (SSSR count). The number of aromatic nitrogens is 6. The smallest absolute Gasteiger partial charge is 0.294 e. The van der Waals surface area contributed by atoms with E-state index in [1.807, 2.05) is 66.9 Å². The molecule has 0 aliphatic rings. The molecule has 3 aromatic carbocycles. The number of nitro benzene ring substituents is 1. The summed E-state index contributed by atoms with van der Waals surface area (Å²) in [5.41, 5.74) is 3.48. The molecule has 0 radical (unpaired) electrons. The Hall–Kier alpha value is -5.38. The minimum atomic E-state index is -0.487. The highest BCUT2D eigenvalue weighted by Gasteiger charge is 2.20. The van der Waals surface area contributed by atoms with Crippen LogP contribution < -0.4 is 5.56 Å². The zero-order chi connectivity index (χ0) is 25.4. The van der Waals surface area contributed by atoms with Gasteiger partial charge in [0.05, 0.1) is 29.0 Å². The molecule has 0 fully saturated rings. The summed E-state index contributed by atoms with van der Waals surface area (Å²) in [5, 5.41) is 20.8. The van der Waals surface area contributed by atoms with E-state index in [0.717, 1.165) is 22.5 Å². The molecule has 0 unspecified atom stereocenters. The number of hydrogen-bond donors (Lipinski definition) is 0. The molecule has 0 atom stereocenters. The second-order valence-electron chi connectivity index (χ2n) is 8.37. The Morgan fingerprint density at radius 2 is 1.59 bits per heavy atom. The average molecular weight is 489 g/mol. The topological polar surface area (TPSA) is 114 Å². The van der Waals surface area contributed by atoms with E-state index >= 15 is 0 Å². The van der Waals surface area contributed by atoms with E-state index in [1.54, 1.807) is 22.9 Å². The monoisotopic (exact) mass is 489 g/mol. The molecule has 0 aliphatic carbocycles. The van der Waals surface area contributed by atoms with Crippen LogP contribution in [0.2, 0.25) is 0 Å². The normalized spacial score (nSPS) is 11.1. The van der Waals surface area contributed by atoms with Crippen molar-refractivity contribution in [3.8, 4) is 22.6 Å². The Kier molecular flexibility index (Phi) is 5.38. The quantitative estimate of drug-likeness (QED) is 0.253. The minimum absolute atomic E-state index is 0.126. The van der Waals surface area contributed by atoms with Gasteiger partial charge in [-0.1, -0.05) is 60.7 Å². The highest BCUT2D eigenvalue weighted by atomic mass is 16.6. The van der Waals surface area contributed by atoms with Crippen molar-refractivity contribution in [1.29, 1.82) is 0 Å². The molecule has 10 heteroatoms. The standard InChI is InChI=1S/C27H19N7O3/c35-27-22-15-29-33(23-13-7-8-14-24(23)34(36)37)26(22)28-18-31(27)16-20-17-32(21-11-5-2-6-12-21)30-25(20)19-9-3-1-4-10-19/h1-15,17-18H,16H2. The van der Waals surface area contributed by atoms with E-state index in [0.29, 0.717) is 0 Å². The first kappa shape index (κ1) is 22.1. The SMILES string of the molecule is O=c1c2cnn(-c3ccccc3[N+](=O)[O-])c2ncn1Cc1cn(-c2ccccc2)nc1-c1ccccc1. The fourth-order valence-corrected chi connectivity index (χ4v) is 4.30. The fraction of sp³-hybridized carbons (Fsp3) is 0.0370. The second-order valence-corrected chi connectivity index (χ2v) is 8.37. The Bertz CT molecular complexity index is 1800. The predicted molar refractivity (Wildman–Crippen MR) is 138 cm³/mol. The van der Waals surface area contributed by atoms with Crippen LogP contribution in [0, 0.1) is 10.1 Å². The molecule has 3 aromatic heterocycles. The summed E-state index contributed by atoms with van der Waals surface area (Å²) in [6.45, 7) is 0.232. The van der Waals surface area contributed by atoms with E-state index in [2.05, 4.69) is 10.1 Å². The lowest BCUT2D eigenvalue weighted by molar-refractivity contribution is -0.384. The Morgan fingerprint density at radius 1 is 0.892 bits per heavy atom. The molecule has 0 spiro atoms. The van der Waals surface area contributed by atoms with Crippen LogP contribution in [-0.4, -0.2) is 34.0 Å². The third-order valence-corrected chi connectivity index (χ3v) is 6.06. The van der Waals surface area contributed by atoms with Gasteiger partial charge in [0.15, 0.2) is 5.65 Å². The maximum Gasteiger partial charge on any atom is 0.294 e. The highest BCUT2D eigenvalue weighted by molar-refractivity contribution is 5.76. The molecule has 0 saturated heterocycles. The third kappa shape index (κ3) is 3.96. The van der Waals surface area contributed by atoms with Gasteiger partial charge in [-0.2, -0.15) is 10.2 Å². The first-order chi connectivity index (χ1) is 18.1. The van der Waals surface area contributed by atoms with E-state index < -0.39 is 4.92 Å². The maximum atomic E-state index is 13.4. The van der Waals surface area contributed by atoms with Gasteiger partial charge in [0.25, 0.3) is 11.2 Å². The van der Waals surface area contributed by atoms with E-state index in [-0.39, 0.29) is 34.5 Å². The molecule has 0 bridgehead atoms. The number of nitro groups is 1. The van der Waals surface area contributed by atoms with E-state index in [9.17, 15) is 14.9 Å². The number of benzene rings is 3. The van der Waals surface area contributed by atoms with Crippen molar-refractivity contribution in [2.45, 2.75) is 6.54 Å².